The number of nitrogens with zero attached hydrogens (tertiary/aromatic N) is 3. The number of thiophene rings is 1. The molecule has 0 spiro atoms. The van der Waals surface area contributed by atoms with Crippen LogP contribution in [0.5, 0.6) is 0 Å². The summed E-state index contributed by atoms with van der Waals surface area (Å²) in [5.74, 6) is -0.345. The Morgan fingerprint density at radius 3 is 2.43 bits per heavy atom. The Labute approximate surface area is 206 Å². The Morgan fingerprint density at radius 2 is 1.77 bits per heavy atom. The number of carbonyl (C=O) groups is 1. The Balaban J connectivity index is 1.44. The van der Waals surface area contributed by atoms with E-state index in [4.69, 9.17) is 4.42 Å². The molecule has 0 radical (unpaired) electrons. The molecule has 35 heavy (non-hydrogen) atoms. The summed E-state index contributed by atoms with van der Waals surface area (Å²) in [7, 11) is -3.95. The number of amides is 1. The summed E-state index contributed by atoms with van der Waals surface area (Å²) in [6.45, 7) is 3.23. The van der Waals surface area contributed by atoms with Gasteiger partial charge in [-0.2, -0.15) is 4.98 Å². The molecule has 0 atom stereocenters. The number of halogens is 1. The van der Waals surface area contributed by atoms with Crippen molar-refractivity contribution in [3.8, 4) is 10.8 Å². The fourth-order valence-corrected chi connectivity index (χ4v) is 5.89. The van der Waals surface area contributed by atoms with Crippen molar-refractivity contribution in [2.75, 3.05) is 31.1 Å². The second-order valence-electron chi connectivity index (χ2n) is 8.21. The van der Waals surface area contributed by atoms with E-state index in [9.17, 15) is 17.6 Å². The second-order valence-corrected chi connectivity index (χ2v) is 11.0. The van der Waals surface area contributed by atoms with Gasteiger partial charge in [0.2, 0.25) is 26.6 Å². The van der Waals surface area contributed by atoms with Gasteiger partial charge in [-0.1, -0.05) is 29.8 Å². The number of anilines is 1. The summed E-state index contributed by atoms with van der Waals surface area (Å²) in [6.07, 6.45) is 0. The van der Waals surface area contributed by atoms with E-state index in [1.807, 2.05) is 24.4 Å². The Hall–Kier alpha value is -3.50. The maximum Gasteiger partial charge on any atom is 0.254 e. The zero-order valence-corrected chi connectivity index (χ0v) is 20.5. The largest absolute Gasteiger partial charge is 0.418 e. The molecular formula is C25H22FN3O4S2. The van der Waals surface area contributed by atoms with Gasteiger partial charge in [0.15, 0.2) is 0 Å². The lowest BCUT2D eigenvalue weighted by Crippen LogP contribution is -2.49. The van der Waals surface area contributed by atoms with E-state index < -0.39 is 15.7 Å². The summed E-state index contributed by atoms with van der Waals surface area (Å²) >= 11 is 1.40. The van der Waals surface area contributed by atoms with Crippen LogP contribution in [0.25, 0.3) is 10.8 Å². The molecule has 2 aromatic carbocycles. The summed E-state index contributed by atoms with van der Waals surface area (Å²) in [5, 5.41) is 1.72. The van der Waals surface area contributed by atoms with Crippen LogP contribution in [-0.4, -0.2) is 50.4 Å². The number of benzene rings is 2. The number of piperazine rings is 1. The Morgan fingerprint density at radius 1 is 1.03 bits per heavy atom. The van der Waals surface area contributed by atoms with E-state index >= 15 is 0 Å². The lowest BCUT2D eigenvalue weighted by molar-refractivity contribution is 0.0744. The molecule has 1 amide bonds. The van der Waals surface area contributed by atoms with E-state index in [2.05, 4.69) is 4.98 Å². The van der Waals surface area contributed by atoms with Crippen molar-refractivity contribution in [3.05, 3.63) is 83.0 Å². The highest BCUT2D eigenvalue weighted by molar-refractivity contribution is 7.91. The molecule has 180 valence electrons. The molecule has 10 heteroatoms. The highest BCUT2D eigenvalue weighted by Crippen LogP contribution is 2.36. The zero-order valence-electron chi connectivity index (χ0n) is 18.8. The molecule has 0 N–H and O–H groups in total. The smallest absolute Gasteiger partial charge is 0.254 e. The predicted molar refractivity (Wildman–Crippen MR) is 131 cm³/mol. The highest BCUT2D eigenvalue weighted by atomic mass is 32.2. The van der Waals surface area contributed by atoms with Crippen LogP contribution in [0.1, 0.15) is 15.9 Å². The van der Waals surface area contributed by atoms with Crippen molar-refractivity contribution in [2.24, 2.45) is 0 Å². The van der Waals surface area contributed by atoms with Crippen LogP contribution in [0.3, 0.4) is 0 Å². The first-order valence-corrected chi connectivity index (χ1v) is 13.4. The molecule has 1 saturated heterocycles. The lowest BCUT2D eigenvalue weighted by Gasteiger charge is -2.34. The third kappa shape index (κ3) is 4.59. The van der Waals surface area contributed by atoms with E-state index in [-0.39, 0.29) is 33.2 Å². The molecule has 2 aromatic heterocycles. The van der Waals surface area contributed by atoms with Crippen LogP contribution >= 0.6 is 11.3 Å². The topological polar surface area (TPSA) is 83.7 Å². The molecule has 0 unspecified atom stereocenters. The second kappa shape index (κ2) is 9.27. The van der Waals surface area contributed by atoms with Gasteiger partial charge in [-0.15, -0.1) is 11.3 Å². The fraction of sp³-hybridized carbons (Fsp3) is 0.200. The molecule has 0 aliphatic carbocycles. The minimum absolute atomic E-state index is 0.135. The summed E-state index contributed by atoms with van der Waals surface area (Å²) < 4.78 is 46.7. The minimum Gasteiger partial charge on any atom is -0.418 e. The first-order chi connectivity index (χ1) is 16.8. The molecule has 1 aliphatic rings. The average Bonchev–Trinajstić information content (AvgIpc) is 3.55. The number of hydrogen-bond donors (Lipinski definition) is 0. The molecule has 1 fully saturated rings. The molecule has 1 aliphatic heterocycles. The van der Waals surface area contributed by atoms with Gasteiger partial charge in [0, 0.05) is 31.7 Å². The normalized spacial score (nSPS) is 14.3. The SMILES string of the molecule is Cc1ccc(S(=O)(=O)c2nc(-c3cccs3)oc2N2CCN(C(=O)c3cccc(F)c3)CC2)cc1. The van der Waals surface area contributed by atoms with Gasteiger partial charge in [-0.3, -0.25) is 4.79 Å². The van der Waals surface area contributed by atoms with Crippen LogP contribution in [0.2, 0.25) is 0 Å². The monoisotopic (exact) mass is 511 g/mol. The van der Waals surface area contributed by atoms with Crippen LogP contribution in [0.15, 0.2) is 80.4 Å². The first kappa shape index (κ1) is 23.3. The van der Waals surface area contributed by atoms with Crippen LogP contribution in [-0.2, 0) is 9.84 Å². The molecule has 7 nitrogen and oxygen atoms in total. The van der Waals surface area contributed by atoms with Gasteiger partial charge in [0.1, 0.15) is 5.82 Å². The van der Waals surface area contributed by atoms with E-state index in [0.717, 1.165) is 10.4 Å². The van der Waals surface area contributed by atoms with Gasteiger partial charge < -0.3 is 14.2 Å². The maximum atomic E-state index is 13.6. The zero-order chi connectivity index (χ0) is 24.6. The Bertz CT molecular complexity index is 1460. The molecule has 5 rings (SSSR count). The number of sulfone groups is 1. The molecule has 0 saturated carbocycles. The predicted octanol–water partition coefficient (Wildman–Crippen LogP) is 4.65. The van der Waals surface area contributed by atoms with Gasteiger partial charge in [0.05, 0.1) is 9.77 Å². The molecular weight excluding hydrogens is 489 g/mol. The molecule has 4 aromatic rings. The number of rotatable bonds is 5. The van der Waals surface area contributed by atoms with Crippen molar-refractivity contribution < 1.29 is 22.0 Å². The van der Waals surface area contributed by atoms with Crippen LogP contribution in [0, 0.1) is 12.7 Å². The number of aryl methyl sites for hydroxylation is 1. The van der Waals surface area contributed by atoms with Crippen molar-refractivity contribution in [1.29, 1.82) is 0 Å². The van der Waals surface area contributed by atoms with Crippen molar-refractivity contribution >= 4 is 33.0 Å². The van der Waals surface area contributed by atoms with E-state index in [0.29, 0.717) is 26.2 Å². The molecule has 3 heterocycles. The van der Waals surface area contributed by atoms with Crippen molar-refractivity contribution in [2.45, 2.75) is 16.8 Å². The van der Waals surface area contributed by atoms with Crippen molar-refractivity contribution in [3.63, 3.8) is 0 Å². The van der Waals surface area contributed by atoms with Gasteiger partial charge in [-0.25, -0.2) is 12.8 Å². The minimum atomic E-state index is -3.95. The van der Waals surface area contributed by atoms with E-state index in [1.54, 1.807) is 40.1 Å². The quantitative estimate of drug-likeness (QED) is 0.388. The van der Waals surface area contributed by atoms with Gasteiger partial charge in [0.25, 0.3) is 5.91 Å². The number of oxazole rings is 1. The van der Waals surface area contributed by atoms with Gasteiger partial charge in [-0.05, 0) is 48.7 Å². The van der Waals surface area contributed by atoms with Crippen molar-refractivity contribution in [1.82, 2.24) is 9.88 Å². The summed E-state index contributed by atoms with van der Waals surface area (Å²) in [6, 6.07) is 15.8. The standard InChI is InChI=1S/C25H22FN3O4S2/c1-17-7-9-20(10-8-17)35(31,32)23-25(33-22(27-23)21-6-3-15-34-21)29-13-11-28(12-14-29)24(30)18-4-2-5-19(26)16-18/h2-10,15-16H,11-14H2,1H3. The third-order valence-electron chi connectivity index (χ3n) is 5.82. The number of carbonyl (C=O) groups excluding carboxylic acids is 1. The summed E-state index contributed by atoms with van der Waals surface area (Å²) in [4.78, 5) is 21.5. The average molecular weight is 512 g/mol. The first-order valence-electron chi connectivity index (χ1n) is 11.0. The molecule has 0 bridgehead atoms. The Kier molecular flexibility index (Phi) is 6.16. The summed E-state index contributed by atoms with van der Waals surface area (Å²) in [5.41, 5.74) is 1.23. The number of hydrogen-bond acceptors (Lipinski definition) is 7. The van der Waals surface area contributed by atoms with Crippen LogP contribution in [0.4, 0.5) is 10.3 Å². The van der Waals surface area contributed by atoms with E-state index in [1.165, 1.54) is 29.5 Å². The maximum absolute atomic E-state index is 13.6. The van der Waals surface area contributed by atoms with Gasteiger partial charge >= 0.3 is 0 Å². The number of aromatic nitrogens is 1. The third-order valence-corrected chi connectivity index (χ3v) is 8.35. The lowest BCUT2D eigenvalue weighted by atomic mass is 10.2. The highest BCUT2D eigenvalue weighted by Gasteiger charge is 2.33. The fourth-order valence-electron chi connectivity index (χ4n) is 3.92. The van der Waals surface area contributed by atoms with Crippen LogP contribution < -0.4 is 4.90 Å².